The third-order valence-corrected chi connectivity index (χ3v) is 4.36. The third kappa shape index (κ3) is 4.49. The number of carbonyl (C=O) groups is 2. The second-order valence-corrected chi connectivity index (χ2v) is 7.41. The van der Waals surface area contributed by atoms with Crippen molar-refractivity contribution in [2.24, 2.45) is 5.41 Å². The number of esters is 1. The summed E-state index contributed by atoms with van der Waals surface area (Å²) in [7, 11) is 1.41. The molecule has 5 heteroatoms. The molecule has 0 aliphatic carbocycles. The molecule has 1 aromatic rings. The largest absolute Gasteiger partial charge is 0.469 e. The van der Waals surface area contributed by atoms with Crippen LogP contribution in [-0.4, -0.2) is 42.8 Å². The van der Waals surface area contributed by atoms with Crippen molar-refractivity contribution in [2.45, 2.75) is 45.6 Å². The van der Waals surface area contributed by atoms with E-state index in [1.54, 1.807) is 4.90 Å². The number of hydrogen-bond acceptors (Lipinski definition) is 4. The molecule has 5 nitrogen and oxygen atoms in total. The van der Waals surface area contributed by atoms with Crippen LogP contribution in [0.3, 0.4) is 0 Å². The number of aryl methyl sites for hydroxylation is 1. The molecular formula is C19H27NO4. The topological polar surface area (TPSA) is 55.8 Å². The van der Waals surface area contributed by atoms with E-state index in [0.29, 0.717) is 25.9 Å². The van der Waals surface area contributed by atoms with E-state index in [9.17, 15) is 9.59 Å². The van der Waals surface area contributed by atoms with Crippen molar-refractivity contribution < 1.29 is 19.1 Å². The average molecular weight is 333 g/mol. The van der Waals surface area contributed by atoms with Crippen molar-refractivity contribution in [1.82, 2.24) is 4.90 Å². The van der Waals surface area contributed by atoms with Crippen LogP contribution in [0.2, 0.25) is 0 Å². The normalized spacial score (nSPS) is 20.8. The van der Waals surface area contributed by atoms with Crippen LogP contribution in [0.1, 0.15) is 39.2 Å². The van der Waals surface area contributed by atoms with Crippen LogP contribution in [-0.2, 0) is 20.7 Å². The summed E-state index contributed by atoms with van der Waals surface area (Å²) in [5, 5.41) is 0. The Morgan fingerprint density at radius 1 is 1.21 bits per heavy atom. The van der Waals surface area contributed by atoms with E-state index in [1.165, 1.54) is 12.7 Å². The molecule has 0 spiro atoms. The lowest BCUT2D eigenvalue weighted by Crippen LogP contribution is -2.40. The van der Waals surface area contributed by atoms with Gasteiger partial charge in [0.1, 0.15) is 5.60 Å². The van der Waals surface area contributed by atoms with E-state index in [-0.39, 0.29) is 12.1 Å². The highest BCUT2D eigenvalue weighted by atomic mass is 16.6. The lowest BCUT2D eigenvalue weighted by Gasteiger charge is -2.28. The monoisotopic (exact) mass is 333 g/mol. The first-order chi connectivity index (χ1) is 11.3. The number of amides is 1. The number of benzene rings is 1. The molecule has 1 aliphatic rings. The van der Waals surface area contributed by atoms with Crippen molar-refractivity contribution in [1.29, 1.82) is 0 Å². The number of methoxy groups -OCH3 is 1. The van der Waals surface area contributed by atoms with Gasteiger partial charge in [-0.15, -0.1) is 0 Å². The fourth-order valence-corrected chi connectivity index (χ4v) is 3.07. The van der Waals surface area contributed by atoms with Crippen molar-refractivity contribution in [3.05, 3.63) is 35.9 Å². The van der Waals surface area contributed by atoms with Crippen LogP contribution < -0.4 is 0 Å². The second-order valence-electron chi connectivity index (χ2n) is 7.41. The van der Waals surface area contributed by atoms with Gasteiger partial charge in [0.25, 0.3) is 0 Å². The van der Waals surface area contributed by atoms with E-state index in [2.05, 4.69) is 0 Å². The minimum absolute atomic E-state index is 0.246. The predicted molar refractivity (Wildman–Crippen MR) is 91.6 cm³/mol. The van der Waals surface area contributed by atoms with Crippen LogP contribution in [0.15, 0.2) is 30.3 Å². The SMILES string of the molecule is COC(=O)C1(CCc2ccccc2)CCN(C(=O)OC(C)(C)C)C1. The maximum atomic E-state index is 12.4. The van der Waals surface area contributed by atoms with Gasteiger partial charge in [-0.2, -0.15) is 0 Å². The fraction of sp³-hybridized carbons (Fsp3) is 0.579. The molecule has 1 amide bonds. The summed E-state index contributed by atoms with van der Waals surface area (Å²) in [6, 6.07) is 10.0. The number of carbonyl (C=O) groups excluding carboxylic acids is 2. The summed E-state index contributed by atoms with van der Waals surface area (Å²) in [6.07, 6.45) is 1.67. The summed E-state index contributed by atoms with van der Waals surface area (Å²) < 4.78 is 10.5. The highest BCUT2D eigenvalue weighted by molar-refractivity contribution is 5.79. The van der Waals surface area contributed by atoms with E-state index in [0.717, 1.165) is 6.42 Å². The van der Waals surface area contributed by atoms with Gasteiger partial charge in [-0.25, -0.2) is 4.79 Å². The highest BCUT2D eigenvalue weighted by Gasteiger charge is 2.47. The van der Waals surface area contributed by atoms with Crippen molar-refractivity contribution in [3.8, 4) is 0 Å². The number of likely N-dealkylation sites (tertiary alicyclic amines) is 1. The summed E-state index contributed by atoms with van der Waals surface area (Å²) in [4.78, 5) is 26.3. The fourth-order valence-electron chi connectivity index (χ4n) is 3.07. The maximum absolute atomic E-state index is 12.4. The molecule has 1 unspecified atom stereocenters. The van der Waals surface area contributed by atoms with Gasteiger partial charge in [0.2, 0.25) is 0 Å². The van der Waals surface area contributed by atoms with Crippen molar-refractivity contribution in [2.75, 3.05) is 20.2 Å². The zero-order valence-corrected chi connectivity index (χ0v) is 15.0. The Morgan fingerprint density at radius 2 is 1.88 bits per heavy atom. The van der Waals surface area contributed by atoms with Gasteiger partial charge in [-0.3, -0.25) is 4.79 Å². The molecule has 1 aromatic carbocycles. The number of hydrogen-bond donors (Lipinski definition) is 0. The molecule has 0 N–H and O–H groups in total. The zero-order valence-electron chi connectivity index (χ0n) is 15.0. The molecule has 2 rings (SSSR count). The first-order valence-electron chi connectivity index (χ1n) is 8.36. The molecule has 0 bridgehead atoms. The lowest BCUT2D eigenvalue weighted by atomic mass is 9.81. The van der Waals surface area contributed by atoms with Gasteiger partial charge in [-0.05, 0) is 45.6 Å². The van der Waals surface area contributed by atoms with Crippen molar-refractivity contribution >= 4 is 12.1 Å². The molecule has 132 valence electrons. The van der Waals surface area contributed by atoms with Gasteiger partial charge < -0.3 is 14.4 Å². The van der Waals surface area contributed by atoms with Crippen LogP contribution >= 0.6 is 0 Å². The van der Waals surface area contributed by atoms with Crippen LogP contribution in [0.4, 0.5) is 4.79 Å². The van der Waals surface area contributed by atoms with Gasteiger partial charge in [0.15, 0.2) is 0 Å². The number of ether oxygens (including phenoxy) is 2. The quantitative estimate of drug-likeness (QED) is 0.792. The maximum Gasteiger partial charge on any atom is 0.410 e. The molecule has 24 heavy (non-hydrogen) atoms. The molecule has 1 aliphatic heterocycles. The minimum atomic E-state index is -0.651. The van der Waals surface area contributed by atoms with E-state index in [1.807, 2.05) is 51.1 Å². The minimum Gasteiger partial charge on any atom is -0.469 e. The summed E-state index contributed by atoms with van der Waals surface area (Å²) >= 11 is 0. The molecule has 0 saturated carbocycles. The average Bonchev–Trinajstić information content (AvgIpc) is 2.97. The Balaban J connectivity index is 2.07. The van der Waals surface area contributed by atoms with Crippen LogP contribution in [0, 0.1) is 5.41 Å². The first-order valence-corrected chi connectivity index (χ1v) is 8.36. The Hall–Kier alpha value is -2.04. The Labute approximate surface area is 143 Å². The molecule has 1 heterocycles. The van der Waals surface area contributed by atoms with E-state index >= 15 is 0 Å². The molecule has 1 saturated heterocycles. The molecule has 0 radical (unpaired) electrons. The first kappa shape index (κ1) is 18.3. The standard InChI is InChI=1S/C19H27NO4/c1-18(2,3)24-17(22)20-13-12-19(14-20,16(21)23-4)11-10-15-8-6-5-7-9-15/h5-9H,10-14H2,1-4H3. The van der Waals surface area contributed by atoms with Crippen LogP contribution in [0.25, 0.3) is 0 Å². The highest BCUT2D eigenvalue weighted by Crippen LogP contribution is 2.37. The van der Waals surface area contributed by atoms with Gasteiger partial charge in [0.05, 0.1) is 12.5 Å². The third-order valence-electron chi connectivity index (χ3n) is 4.36. The van der Waals surface area contributed by atoms with Gasteiger partial charge in [-0.1, -0.05) is 30.3 Å². The van der Waals surface area contributed by atoms with Gasteiger partial charge in [0, 0.05) is 13.1 Å². The number of nitrogens with zero attached hydrogens (tertiary/aromatic N) is 1. The smallest absolute Gasteiger partial charge is 0.410 e. The predicted octanol–water partition coefficient (Wildman–Crippen LogP) is 3.42. The second kappa shape index (κ2) is 7.24. The number of rotatable bonds is 4. The summed E-state index contributed by atoms with van der Waals surface area (Å²) in [5.41, 5.74) is -0.0180. The molecule has 0 aromatic heterocycles. The Kier molecular flexibility index (Phi) is 5.52. The molecular weight excluding hydrogens is 306 g/mol. The molecule has 1 atom stereocenters. The van der Waals surface area contributed by atoms with E-state index < -0.39 is 11.0 Å². The Morgan fingerprint density at radius 3 is 2.46 bits per heavy atom. The molecule has 1 fully saturated rings. The zero-order chi connectivity index (χ0) is 17.8. The van der Waals surface area contributed by atoms with Gasteiger partial charge >= 0.3 is 12.1 Å². The Bertz CT molecular complexity index is 579. The summed E-state index contributed by atoms with van der Waals surface area (Å²) in [5.74, 6) is -0.246. The lowest BCUT2D eigenvalue weighted by molar-refractivity contribution is -0.152. The van der Waals surface area contributed by atoms with Crippen LogP contribution in [0.5, 0.6) is 0 Å². The summed E-state index contributed by atoms with van der Waals surface area (Å²) in [6.45, 7) is 6.37. The van der Waals surface area contributed by atoms with E-state index in [4.69, 9.17) is 9.47 Å². The van der Waals surface area contributed by atoms with Crippen molar-refractivity contribution in [3.63, 3.8) is 0 Å².